The van der Waals surface area contributed by atoms with Crippen LogP contribution in [0.3, 0.4) is 0 Å². The molecule has 0 saturated carbocycles. The van der Waals surface area contributed by atoms with Crippen LogP contribution < -0.4 is 0 Å². The minimum absolute atomic E-state index is 0.459. The van der Waals surface area contributed by atoms with Crippen molar-refractivity contribution in [1.82, 2.24) is 34.6 Å². The molecule has 0 aromatic carbocycles. The third-order valence-electron chi connectivity index (χ3n) is 7.96. The van der Waals surface area contributed by atoms with Crippen molar-refractivity contribution in [1.29, 1.82) is 0 Å². The van der Waals surface area contributed by atoms with E-state index in [4.69, 9.17) is 24.8 Å². The normalized spacial score (nSPS) is 18.3. The van der Waals surface area contributed by atoms with Crippen LogP contribution in [0.5, 0.6) is 0 Å². The van der Waals surface area contributed by atoms with Gasteiger partial charge in [-0.25, -0.2) is 9.97 Å². The lowest BCUT2D eigenvalue weighted by atomic mass is 9.91. The van der Waals surface area contributed by atoms with Crippen molar-refractivity contribution in [3.63, 3.8) is 0 Å². The van der Waals surface area contributed by atoms with E-state index in [0.29, 0.717) is 12.0 Å². The Kier molecular flexibility index (Phi) is 6.54. The monoisotopic (exact) mass is 485 g/mol. The molecule has 0 aliphatic carbocycles. The molecule has 8 nitrogen and oxygen atoms in total. The van der Waals surface area contributed by atoms with Gasteiger partial charge < -0.3 is 14.6 Å². The van der Waals surface area contributed by atoms with Gasteiger partial charge in [0.05, 0.1) is 24.1 Å². The van der Waals surface area contributed by atoms with Gasteiger partial charge in [0.15, 0.2) is 5.65 Å². The van der Waals surface area contributed by atoms with Gasteiger partial charge in [0, 0.05) is 73.2 Å². The number of hydrogen-bond donors (Lipinski definition) is 1. The average Bonchev–Trinajstić information content (AvgIpc) is 3.60. The summed E-state index contributed by atoms with van der Waals surface area (Å²) >= 11 is 0. The van der Waals surface area contributed by atoms with E-state index in [-0.39, 0.29) is 0 Å². The maximum absolute atomic E-state index is 5.56. The molecule has 2 aliphatic rings. The Morgan fingerprint density at radius 3 is 2.61 bits per heavy atom. The number of aromatic amines is 1. The van der Waals surface area contributed by atoms with Gasteiger partial charge in [-0.05, 0) is 50.3 Å². The second kappa shape index (κ2) is 10.1. The third kappa shape index (κ3) is 4.44. The first-order valence-corrected chi connectivity index (χ1v) is 13.4. The van der Waals surface area contributed by atoms with Crippen LogP contribution in [0.25, 0.3) is 33.5 Å². The van der Waals surface area contributed by atoms with Gasteiger partial charge >= 0.3 is 0 Å². The fourth-order valence-corrected chi connectivity index (χ4v) is 5.71. The van der Waals surface area contributed by atoms with E-state index >= 15 is 0 Å². The van der Waals surface area contributed by atoms with Crippen LogP contribution in [0.2, 0.25) is 0 Å². The highest BCUT2D eigenvalue weighted by molar-refractivity contribution is 5.91. The number of pyridine rings is 1. The summed E-state index contributed by atoms with van der Waals surface area (Å²) in [6, 6.07) is 2.71. The molecular weight excluding hydrogens is 450 g/mol. The fraction of sp³-hybridized carbons (Fsp3) is 0.500. The van der Waals surface area contributed by atoms with Gasteiger partial charge in [0.25, 0.3) is 0 Å². The zero-order chi connectivity index (χ0) is 24.5. The summed E-state index contributed by atoms with van der Waals surface area (Å²) in [5.41, 5.74) is 8.17. The van der Waals surface area contributed by atoms with Gasteiger partial charge in [-0.2, -0.15) is 5.10 Å². The number of aromatic nitrogens is 6. The largest absolute Gasteiger partial charge is 0.381 e. The molecule has 0 atom stereocenters. The molecule has 0 spiro atoms. The van der Waals surface area contributed by atoms with Crippen molar-refractivity contribution in [3.8, 4) is 22.4 Å². The van der Waals surface area contributed by atoms with E-state index in [0.717, 1.165) is 98.5 Å². The van der Waals surface area contributed by atoms with Gasteiger partial charge in [-0.1, -0.05) is 13.8 Å². The first-order valence-electron chi connectivity index (χ1n) is 13.4. The molecule has 2 saturated heterocycles. The fourth-order valence-electron chi connectivity index (χ4n) is 5.71. The first kappa shape index (κ1) is 23.3. The molecule has 6 heterocycles. The van der Waals surface area contributed by atoms with Gasteiger partial charge in [0.2, 0.25) is 0 Å². The van der Waals surface area contributed by atoms with Crippen molar-refractivity contribution in [2.75, 3.05) is 32.8 Å². The van der Waals surface area contributed by atoms with Crippen LogP contribution in [-0.4, -0.2) is 67.5 Å². The standard InChI is InChI=1S/C28H35N7O/c1-3-19-13-21(14-29-26(19)20-7-11-36-12-8-20)25-17-31-28-27(33-25)24(16-30-28)22-15-32-35(18-22)23-5-9-34(4-2)10-6-23/h13-18,20,23H,3-12H2,1-2H3,(H,30,31). The summed E-state index contributed by atoms with van der Waals surface area (Å²) in [6.45, 7) is 9.49. The molecule has 188 valence electrons. The van der Waals surface area contributed by atoms with E-state index in [2.05, 4.69) is 40.7 Å². The molecule has 6 rings (SSSR count). The summed E-state index contributed by atoms with van der Waals surface area (Å²) in [5, 5.41) is 4.73. The lowest BCUT2D eigenvalue weighted by molar-refractivity contribution is 0.0843. The Balaban J connectivity index is 1.28. The molecule has 36 heavy (non-hydrogen) atoms. The second-order valence-electron chi connectivity index (χ2n) is 10.0. The molecule has 4 aromatic heterocycles. The van der Waals surface area contributed by atoms with Crippen molar-refractivity contribution in [3.05, 3.63) is 48.3 Å². The number of likely N-dealkylation sites (tertiary alicyclic amines) is 1. The second-order valence-corrected chi connectivity index (χ2v) is 10.0. The van der Waals surface area contributed by atoms with Crippen LogP contribution >= 0.6 is 0 Å². The Morgan fingerprint density at radius 1 is 1.00 bits per heavy atom. The van der Waals surface area contributed by atoms with Crippen molar-refractivity contribution in [2.24, 2.45) is 0 Å². The van der Waals surface area contributed by atoms with Crippen LogP contribution in [-0.2, 0) is 11.2 Å². The van der Waals surface area contributed by atoms with Crippen molar-refractivity contribution in [2.45, 2.75) is 57.9 Å². The summed E-state index contributed by atoms with van der Waals surface area (Å²) in [7, 11) is 0. The molecule has 4 aromatic rings. The number of H-pyrrole nitrogens is 1. The highest BCUT2D eigenvalue weighted by atomic mass is 16.5. The molecule has 2 aliphatic heterocycles. The minimum atomic E-state index is 0.459. The number of hydrogen-bond acceptors (Lipinski definition) is 6. The van der Waals surface area contributed by atoms with Crippen molar-refractivity contribution < 1.29 is 4.74 Å². The highest BCUT2D eigenvalue weighted by Gasteiger charge is 2.22. The number of rotatable bonds is 6. The maximum atomic E-state index is 5.56. The van der Waals surface area contributed by atoms with E-state index in [1.54, 1.807) is 0 Å². The Morgan fingerprint density at radius 2 is 1.83 bits per heavy atom. The van der Waals surface area contributed by atoms with E-state index in [1.165, 1.54) is 11.3 Å². The predicted molar refractivity (Wildman–Crippen MR) is 141 cm³/mol. The van der Waals surface area contributed by atoms with Crippen molar-refractivity contribution >= 4 is 11.2 Å². The molecular formula is C28H35N7O. The quantitative estimate of drug-likeness (QED) is 0.414. The molecule has 0 unspecified atom stereocenters. The molecule has 8 heteroatoms. The van der Waals surface area contributed by atoms with Gasteiger partial charge in [0.1, 0.15) is 5.52 Å². The maximum Gasteiger partial charge on any atom is 0.156 e. The number of fused-ring (bicyclic) bond motifs is 1. The lowest BCUT2D eigenvalue weighted by Crippen LogP contribution is -2.34. The number of aryl methyl sites for hydroxylation is 1. The van der Waals surface area contributed by atoms with E-state index < -0.39 is 0 Å². The lowest BCUT2D eigenvalue weighted by Gasteiger charge is -2.31. The number of piperidine rings is 1. The highest BCUT2D eigenvalue weighted by Crippen LogP contribution is 2.33. The minimum Gasteiger partial charge on any atom is -0.381 e. The topological polar surface area (TPSA) is 84.8 Å². The molecule has 2 fully saturated rings. The van der Waals surface area contributed by atoms with E-state index in [1.807, 2.05) is 24.8 Å². The molecule has 0 bridgehead atoms. The van der Waals surface area contributed by atoms with Gasteiger partial charge in [-0.3, -0.25) is 9.67 Å². The SMILES string of the molecule is CCc1cc(-c2cnc3[nH]cc(-c4cnn(C5CCN(CC)CC5)c4)c3n2)cnc1C1CCOCC1. The predicted octanol–water partition coefficient (Wildman–Crippen LogP) is 5.00. The molecule has 0 radical (unpaired) electrons. The van der Waals surface area contributed by atoms with Crippen LogP contribution in [0, 0.1) is 0 Å². The van der Waals surface area contributed by atoms with Crippen LogP contribution in [0.1, 0.15) is 62.7 Å². The van der Waals surface area contributed by atoms with Crippen LogP contribution in [0.15, 0.2) is 37.1 Å². The van der Waals surface area contributed by atoms with Crippen LogP contribution in [0.4, 0.5) is 0 Å². The first-order chi connectivity index (χ1) is 17.7. The number of ether oxygens (including phenoxy) is 1. The average molecular weight is 486 g/mol. The number of nitrogens with zero attached hydrogens (tertiary/aromatic N) is 6. The zero-order valence-electron chi connectivity index (χ0n) is 21.3. The summed E-state index contributed by atoms with van der Waals surface area (Å²) in [5.74, 6) is 0.485. The number of nitrogens with one attached hydrogen (secondary N) is 1. The Bertz CT molecular complexity index is 1330. The Labute approximate surface area is 212 Å². The zero-order valence-corrected chi connectivity index (χ0v) is 21.3. The molecule has 0 amide bonds. The summed E-state index contributed by atoms with van der Waals surface area (Å²) in [6.07, 6.45) is 15.3. The Hall–Kier alpha value is -3.10. The smallest absolute Gasteiger partial charge is 0.156 e. The van der Waals surface area contributed by atoms with Gasteiger partial charge in [-0.15, -0.1) is 0 Å². The summed E-state index contributed by atoms with van der Waals surface area (Å²) < 4.78 is 7.70. The molecule has 1 N–H and O–H groups in total. The summed E-state index contributed by atoms with van der Waals surface area (Å²) in [4.78, 5) is 20.5. The van der Waals surface area contributed by atoms with E-state index in [9.17, 15) is 0 Å². The third-order valence-corrected chi connectivity index (χ3v) is 7.96.